The highest BCUT2D eigenvalue weighted by Gasteiger charge is 2.30. The van der Waals surface area contributed by atoms with Crippen LogP contribution in [0.15, 0.2) is 18.2 Å². The van der Waals surface area contributed by atoms with E-state index in [1.165, 1.54) is 0 Å². The molecule has 0 aromatic heterocycles. The normalized spacial score (nSPS) is 15.1. The quantitative estimate of drug-likeness (QED) is 0.723. The van der Waals surface area contributed by atoms with Crippen LogP contribution in [0.5, 0.6) is 0 Å². The van der Waals surface area contributed by atoms with Gasteiger partial charge in [-0.2, -0.15) is 0 Å². The van der Waals surface area contributed by atoms with Crippen molar-refractivity contribution in [2.24, 2.45) is 0 Å². The summed E-state index contributed by atoms with van der Waals surface area (Å²) in [6.07, 6.45) is 3.60. The molecule has 1 aliphatic carbocycles. The summed E-state index contributed by atoms with van der Waals surface area (Å²) < 4.78 is 0. The Morgan fingerprint density at radius 1 is 1.24 bits per heavy atom. The van der Waals surface area contributed by atoms with E-state index in [1.54, 1.807) is 0 Å². The number of rotatable bonds is 9. The van der Waals surface area contributed by atoms with E-state index >= 15 is 0 Å². The Kier molecular flexibility index (Phi) is 7.00. The zero-order valence-electron chi connectivity index (χ0n) is 15.9. The highest BCUT2D eigenvalue weighted by Crippen LogP contribution is 2.27. The summed E-state index contributed by atoms with van der Waals surface area (Å²) in [7, 11) is 0. The first-order valence-corrected chi connectivity index (χ1v) is 9.29. The van der Waals surface area contributed by atoms with Crippen molar-refractivity contribution in [1.29, 1.82) is 0 Å². The molecule has 2 N–H and O–H groups in total. The summed E-state index contributed by atoms with van der Waals surface area (Å²) in [6.45, 7) is 9.05. The number of nitrogens with zero attached hydrogens (tertiary/aromatic N) is 1. The standard InChI is InChI=1S/C20H31N3O2/c1-5-16(4)21-19(24)10-11-23(17-8-9-17)13-20(25)22-18-12-14(2)6-7-15(18)3/h6-7,12,16-17H,5,8-11,13H2,1-4H3,(H,21,24)(H,22,25). The van der Waals surface area contributed by atoms with Crippen molar-refractivity contribution in [2.45, 2.75) is 65.5 Å². The van der Waals surface area contributed by atoms with Gasteiger partial charge in [-0.3, -0.25) is 14.5 Å². The molecule has 0 bridgehead atoms. The number of aryl methyl sites for hydroxylation is 2. The van der Waals surface area contributed by atoms with E-state index in [9.17, 15) is 9.59 Å². The van der Waals surface area contributed by atoms with E-state index in [0.717, 1.165) is 36.1 Å². The van der Waals surface area contributed by atoms with Crippen LogP contribution in [0.2, 0.25) is 0 Å². The monoisotopic (exact) mass is 345 g/mol. The lowest BCUT2D eigenvalue weighted by atomic mass is 10.1. The van der Waals surface area contributed by atoms with Crippen LogP contribution in [0.3, 0.4) is 0 Å². The maximum absolute atomic E-state index is 12.4. The van der Waals surface area contributed by atoms with E-state index in [-0.39, 0.29) is 17.9 Å². The summed E-state index contributed by atoms with van der Waals surface area (Å²) in [5.41, 5.74) is 3.06. The zero-order chi connectivity index (χ0) is 18.4. The minimum atomic E-state index is -0.0112. The Labute approximate surface area is 151 Å². The molecule has 1 saturated carbocycles. The van der Waals surface area contributed by atoms with Crippen molar-refractivity contribution in [3.8, 4) is 0 Å². The predicted molar refractivity (Wildman–Crippen MR) is 102 cm³/mol. The Balaban J connectivity index is 1.85. The summed E-state index contributed by atoms with van der Waals surface area (Å²) in [6, 6.07) is 6.70. The highest BCUT2D eigenvalue weighted by atomic mass is 16.2. The summed E-state index contributed by atoms with van der Waals surface area (Å²) >= 11 is 0. The third-order valence-electron chi connectivity index (χ3n) is 4.72. The van der Waals surface area contributed by atoms with Gasteiger partial charge in [0.1, 0.15) is 0 Å². The largest absolute Gasteiger partial charge is 0.354 e. The SMILES string of the molecule is CCC(C)NC(=O)CCN(CC(=O)Nc1cc(C)ccc1C)C1CC1. The van der Waals surface area contributed by atoms with E-state index in [1.807, 2.05) is 39.0 Å². The van der Waals surface area contributed by atoms with Crippen molar-refractivity contribution in [2.75, 3.05) is 18.4 Å². The first-order chi connectivity index (χ1) is 11.9. The maximum atomic E-state index is 12.4. The summed E-state index contributed by atoms with van der Waals surface area (Å²) in [5, 5.41) is 6.00. The average molecular weight is 345 g/mol. The molecular weight excluding hydrogens is 314 g/mol. The number of carbonyl (C=O) groups is 2. The van der Waals surface area contributed by atoms with Gasteiger partial charge in [-0.1, -0.05) is 19.1 Å². The molecule has 25 heavy (non-hydrogen) atoms. The molecule has 0 aliphatic heterocycles. The van der Waals surface area contributed by atoms with Crippen molar-refractivity contribution in [3.63, 3.8) is 0 Å². The number of hydrogen-bond donors (Lipinski definition) is 2. The zero-order valence-corrected chi connectivity index (χ0v) is 15.9. The van der Waals surface area contributed by atoms with Gasteiger partial charge in [0.15, 0.2) is 0 Å². The molecule has 0 spiro atoms. The molecule has 1 unspecified atom stereocenters. The van der Waals surface area contributed by atoms with Crippen molar-refractivity contribution >= 4 is 17.5 Å². The second kappa shape index (κ2) is 8.99. The third kappa shape index (κ3) is 6.50. The molecule has 138 valence electrons. The fraction of sp³-hybridized carbons (Fsp3) is 0.600. The Morgan fingerprint density at radius 2 is 1.96 bits per heavy atom. The van der Waals surface area contributed by atoms with E-state index in [2.05, 4.69) is 22.5 Å². The van der Waals surface area contributed by atoms with Crippen LogP contribution in [-0.4, -0.2) is 41.9 Å². The van der Waals surface area contributed by atoms with Crippen LogP contribution in [0.25, 0.3) is 0 Å². The topological polar surface area (TPSA) is 61.4 Å². The maximum Gasteiger partial charge on any atom is 0.238 e. The molecule has 5 nitrogen and oxygen atoms in total. The van der Waals surface area contributed by atoms with Crippen LogP contribution in [0.1, 0.15) is 50.7 Å². The smallest absolute Gasteiger partial charge is 0.238 e. The van der Waals surface area contributed by atoms with Crippen LogP contribution in [0, 0.1) is 13.8 Å². The molecule has 1 aromatic rings. The Bertz CT molecular complexity index is 611. The second-order valence-corrected chi connectivity index (χ2v) is 7.20. The number of benzene rings is 1. The highest BCUT2D eigenvalue weighted by molar-refractivity contribution is 5.93. The molecule has 1 fully saturated rings. The molecule has 5 heteroatoms. The van der Waals surface area contributed by atoms with Crippen molar-refractivity contribution < 1.29 is 9.59 Å². The number of anilines is 1. The molecule has 0 heterocycles. The second-order valence-electron chi connectivity index (χ2n) is 7.20. The summed E-state index contributed by atoms with van der Waals surface area (Å²) in [4.78, 5) is 26.6. The number of amides is 2. The third-order valence-corrected chi connectivity index (χ3v) is 4.72. The van der Waals surface area contributed by atoms with Crippen LogP contribution >= 0.6 is 0 Å². The molecule has 0 saturated heterocycles. The van der Waals surface area contributed by atoms with E-state index < -0.39 is 0 Å². The molecule has 1 atom stereocenters. The lowest BCUT2D eigenvalue weighted by Crippen LogP contribution is -2.39. The Hall–Kier alpha value is -1.88. The minimum absolute atomic E-state index is 0.0112. The number of nitrogens with one attached hydrogen (secondary N) is 2. The van der Waals surface area contributed by atoms with Crippen molar-refractivity contribution in [1.82, 2.24) is 10.2 Å². The van der Waals surface area contributed by atoms with Gasteiger partial charge in [0.2, 0.25) is 11.8 Å². The lowest BCUT2D eigenvalue weighted by Gasteiger charge is -2.22. The van der Waals surface area contributed by atoms with Gasteiger partial charge >= 0.3 is 0 Å². The molecule has 1 aromatic carbocycles. The van der Waals surface area contributed by atoms with E-state index in [4.69, 9.17) is 0 Å². The Morgan fingerprint density at radius 3 is 2.60 bits per heavy atom. The van der Waals surface area contributed by atoms with Gasteiger partial charge < -0.3 is 10.6 Å². The van der Waals surface area contributed by atoms with Gasteiger partial charge in [-0.25, -0.2) is 0 Å². The summed E-state index contributed by atoms with van der Waals surface area (Å²) in [5.74, 6) is 0.0536. The minimum Gasteiger partial charge on any atom is -0.354 e. The first kappa shape index (κ1) is 19.4. The number of carbonyl (C=O) groups excluding carboxylic acids is 2. The van der Waals surface area contributed by atoms with E-state index in [0.29, 0.717) is 25.6 Å². The first-order valence-electron chi connectivity index (χ1n) is 9.29. The lowest BCUT2D eigenvalue weighted by molar-refractivity contribution is -0.123. The molecule has 1 aliphatic rings. The fourth-order valence-electron chi connectivity index (χ4n) is 2.77. The van der Waals surface area contributed by atoms with Gasteiger partial charge in [0.05, 0.1) is 6.54 Å². The van der Waals surface area contributed by atoms with Gasteiger partial charge in [-0.05, 0) is 57.2 Å². The molecule has 0 radical (unpaired) electrons. The predicted octanol–water partition coefficient (Wildman–Crippen LogP) is 3.01. The average Bonchev–Trinajstić information content (AvgIpc) is 3.39. The van der Waals surface area contributed by atoms with Crippen LogP contribution in [0.4, 0.5) is 5.69 Å². The molecule has 2 rings (SSSR count). The van der Waals surface area contributed by atoms with Gasteiger partial charge in [0.25, 0.3) is 0 Å². The number of hydrogen-bond acceptors (Lipinski definition) is 3. The van der Waals surface area contributed by atoms with Crippen molar-refractivity contribution in [3.05, 3.63) is 29.3 Å². The molecule has 2 amide bonds. The molecular formula is C20H31N3O2. The fourth-order valence-corrected chi connectivity index (χ4v) is 2.77. The van der Waals surface area contributed by atoms with Gasteiger partial charge in [-0.15, -0.1) is 0 Å². The van der Waals surface area contributed by atoms with Gasteiger partial charge in [0, 0.05) is 30.7 Å². The van der Waals surface area contributed by atoms with Crippen LogP contribution < -0.4 is 10.6 Å². The van der Waals surface area contributed by atoms with Crippen LogP contribution in [-0.2, 0) is 9.59 Å².